The number of hydrogen-bond donors (Lipinski definition) is 1. The third kappa shape index (κ3) is 1.56. The number of benzene rings is 2. The second-order valence-electron chi connectivity index (χ2n) is 3.47. The molecule has 0 spiro atoms. The van der Waals surface area contributed by atoms with Crippen molar-refractivity contribution >= 4 is 26.7 Å². The molecule has 0 bridgehead atoms. The molecular weight excluding hydrogens is 238 g/mol. The molecule has 0 aliphatic heterocycles. The van der Waals surface area contributed by atoms with Gasteiger partial charge in [-0.25, -0.2) is 0 Å². The molecule has 2 aromatic carbocycles. The molecule has 0 fully saturated rings. The van der Waals surface area contributed by atoms with Gasteiger partial charge < -0.3 is 5.73 Å². The fourth-order valence-corrected chi connectivity index (χ4v) is 2.19. The Balaban J connectivity index is 2.81. The van der Waals surface area contributed by atoms with Gasteiger partial charge in [-0.2, -0.15) is 0 Å². The van der Waals surface area contributed by atoms with E-state index in [1.54, 1.807) is 0 Å². The van der Waals surface area contributed by atoms with Crippen LogP contribution in [0.2, 0.25) is 0 Å². The summed E-state index contributed by atoms with van der Waals surface area (Å²) in [6, 6.07) is 12.5. The van der Waals surface area contributed by atoms with Gasteiger partial charge in [0.2, 0.25) is 0 Å². The topological polar surface area (TPSA) is 26.0 Å². The molecule has 1 unspecified atom stereocenters. The highest BCUT2D eigenvalue weighted by Gasteiger charge is 2.05. The quantitative estimate of drug-likeness (QED) is 0.821. The minimum atomic E-state index is 0.0769. The summed E-state index contributed by atoms with van der Waals surface area (Å²) < 4.78 is 1.12. The molecule has 2 aromatic rings. The van der Waals surface area contributed by atoms with Crippen molar-refractivity contribution in [2.45, 2.75) is 13.0 Å². The van der Waals surface area contributed by atoms with Gasteiger partial charge in [-0.15, -0.1) is 0 Å². The molecule has 14 heavy (non-hydrogen) atoms. The van der Waals surface area contributed by atoms with Crippen molar-refractivity contribution in [1.82, 2.24) is 0 Å². The van der Waals surface area contributed by atoms with Crippen LogP contribution in [0.4, 0.5) is 0 Å². The van der Waals surface area contributed by atoms with Crippen molar-refractivity contribution in [3.63, 3.8) is 0 Å². The SMILES string of the molecule is CC(N)c1cccc2c(Br)cccc12. The van der Waals surface area contributed by atoms with Crippen LogP contribution >= 0.6 is 15.9 Å². The van der Waals surface area contributed by atoms with Crippen LogP contribution in [0.1, 0.15) is 18.5 Å². The Morgan fingerprint density at radius 3 is 2.43 bits per heavy atom. The summed E-state index contributed by atoms with van der Waals surface area (Å²) in [5.74, 6) is 0. The maximum atomic E-state index is 5.91. The molecule has 1 nitrogen and oxygen atoms in total. The van der Waals surface area contributed by atoms with Crippen molar-refractivity contribution in [2.24, 2.45) is 5.73 Å². The van der Waals surface area contributed by atoms with Crippen LogP contribution in [0.3, 0.4) is 0 Å². The second kappa shape index (κ2) is 3.71. The zero-order valence-corrected chi connectivity index (χ0v) is 9.58. The Kier molecular flexibility index (Phi) is 2.57. The van der Waals surface area contributed by atoms with Crippen LogP contribution in [0.5, 0.6) is 0 Å². The van der Waals surface area contributed by atoms with E-state index in [1.165, 1.54) is 16.3 Å². The van der Waals surface area contributed by atoms with Crippen molar-refractivity contribution < 1.29 is 0 Å². The van der Waals surface area contributed by atoms with E-state index in [1.807, 2.05) is 25.1 Å². The van der Waals surface area contributed by atoms with Gasteiger partial charge in [-0.05, 0) is 29.3 Å². The van der Waals surface area contributed by atoms with E-state index in [-0.39, 0.29) is 6.04 Å². The number of halogens is 1. The molecule has 0 radical (unpaired) electrons. The van der Waals surface area contributed by atoms with E-state index < -0.39 is 0 Å². The molecule has 1 atom stereocenters. The third-order valence-electron chi connectivity index (χ3n) is 2.39. The fraction of sp³-hybridized carbons (Fsp3) is 0.167. The average Bonchev–Trinajstić information content (AvgIpc) is 2.17. The molecule has 0 aliphatic carbocycles. The Morgan fingerprint density at radius 2 is 1.71 bits per heavy atom. The van der Waals surface area contributed by atoms with Crippen molar-refractivity contribution in [2.75, 3.05) is 0 Å². The number of fused-ring (bicyclic) bond motifs is 1. The Morgan fingerprint density at radius 1 is 1.07 bits per heavy atom. The standard InChI is InChI=1S/C12H12BrN/c1-8(14)9-4-2-6-11-10(9)5-3-7-12(11)13/h2-8H,14H2,1H3. The summed E-state index contributed by atoms with van der Waals surface area (Å²) >= 11 is 3.54. The molecule has 72 valence electrons. The van der Waals surface area contributed by atoms with Crippen molar-refractivity contribution in [3.05, 3.63) is 46.4 Å². The van der Waals surface area contributed by atoms with E-state index >= 15 is 0 Å². The lowest BCUT2D eigenvalue weighted by Gasteiger charge is -2.10. The summed E-state index contributed by atoms with van der Waals surface area (Å²) in [7, 11) is 0. The van der Waals surface area contributed by atoms with Gasteiger partial charge in [-0.3, -0.25) is 0 Å². The lowest BCUT2D eigenvalue weighted by Crippen LogP contribution is -2.05. The van der Waals surface area contributed by atoms with Gasteiger partial charge in [0.1, 0.15) is 0 Å². The summed E-state index contributed by atoms with van der Waals surface area (Å²) in [5.41, 5.74) is 7.11. The summed E-state index contributed by atoms with van der Waals surface area (Å²) in [6.45, 7) is 2.01. The van der Waals surface area contributed by atoms with Gasteiger partial charge in [0.25, 0.3) is 0 Å². The van der Waals surface area contributed by atoms with Crippen LogP contribution in [-0.2, 0) is 0 Å². The Hall–Kier alpha value is -0.860. The zero-order valence-electron chi connectivity index (χ0n) is 8.00. The molecule has 0 aliphatic rings. The Labute approximate surface area is 92.1 Å². The van der Waals surface area contributed by atoms with Crippen LogP contribution < -0.4 is 5.73 Å². The number of nitrogens with two attached hydrogens (primary N) is 1. The lowest BCUT2D eigenvalue weighted by molar-refractivity contribution is 0.827. The highest BCUT2D eigenvalue weighted by Crippen LogP contribution is 2.28. The number of rotatable bonds is 1. The van der Waals surface area contributed by atoms with Gasteiger partial charge in [0, 0.05) is 10.5 Å². The minimum absolute atomic E-state index is 0.0769. The van der Waals surface area contributed by atoms with Crippen LogP contribution in [-0.4, -0.2) is 0 Å². The molecule has 2 rings (SSSR count). The van der Waals surface area contributed by atoms with Crippen molar-refractivity contribution in [3.8, 4) is 0 Å². The third-order valence-corrected chi connectivity index (χ3v) is 3.08. The Bertz CT molecular complexity index is 463. The summed E-state index contributed by atoms with van der Waals surface area (Å²) in [6.07, 6.45) is 0. The predicted molar refractivity (Wildman–Crippen MR) is 64.3 cm³/mol. The van der Waals surface area contributed by atoms with E-state index in [4.69, 9.17) is 5.73 Å². The number of hydrogen-bond acceptors (Lipinski definition) is 1. The molecule has 0 aromatic heterocycles. The molecule has 2 heteroatoms. The fourth-order valence-electron chi connectivity index (χ4n) is 1.69. The van der Waals surface area contributed by atoms with E-state index in [0.29, 0.717) is 0 Å². The second-order valence-corrected chi connectivity index (χ2v) is 4.33. The molecule has 2 N–H and O–H groups in total. The van der Waals surface area contributed by atoms with Crippen LogP contribution in [0.25, 0.3) is 10.8 Å². The summed E-state index contributed by atoms with van der Waals surface area (Å²) in [5, 5.41) is 2.46. The molecule has 0 saturated heterocycles. The van der Waals surface area contributed by atoms with E-state index in [9.17, 15) is 0 Å². The average molecular weight is 250 g/mol. The predicted octanol–water partition coefficient (Wildman–Crippen LogP) is 3.62. The smallest absolute Gasteiger partial charge is 0.0272 e. The maximum Gasteiger partial charge on any atom is 0.0272 e. The van der Waals surface area contributed by atoms with Gasteiger partial charge in [-0.1, -0.05) is 46.3 Å². The van der Waals surface area contributed by atoms with E-state index in [2.05, 4.69) is 34.1 Å². The first kappa shape index (κ1) is 9.69. The zero-order chi connectivity index (χ0) is 10.1. The first-order chi connectivity index (χ1) is 6.70. The van der Waals surface area contributed by atoms with E-state index in [0.717, 1.165) is 4.47 Å². The molecule has 0 amide bonds. The highest BCUT2D eigenvalue weighted by molar-refractivity contribution is 9.10. The highest BCUT2D eigenvalue weighted by atomic mass is 79.9. The van der Waals surface area contributed by atoms with Crippen LogP contribution in [0.15, 0.2) is 40.9 Å². The van der Waals surface area contributed by atoms with Gasteiger partial charge in [0.15, 0.2) is 0 Å². The van der Waals surface area contributed by atoms with Gasteiger partial charge >= 0.3 is 0 Å². The first-order valence-corrected chi connectivity index (χ1v) is 5.42. The molecule has 0 heterocycles. The van der Waals surface area contributed by atoms with Crippen LogP contribution in [0, 0.1) is 0 Å². The minimum Gasteiger partial charge on any atom is -0.324 e. The molecular formula is C12H12BrN. The van der Waals surface area contributed by atoms with Gasteiger partial charge in [0.05, 0.1) is 0 Å². The monoisotopic (exact) mass is 249 g/mol. The largest absolute Gasteiger partial charge is 0.324 e. The normalized spacial score (nSPS) is 13.1. The molecule has 0 saturated carbocycles. The lowest BCUT2D eigenvalue weighted by atomic mass is 10.0. The van der Waals surface area contributed by atoms with Crippen molar-refractivity contribution in [1.29, 1.82) is 0 Å². The summed E-state index contributed by atoms with van der Waals surface area (Å²) in [4.78, 5) is 0. The maximum absolute atomic E-state index is 5.91. The first-order valence-electron chi connectivity index (χ1n) is 4.63.